The molecule has 0 aliphatic carbocycles. The van der Waals surface area contributed by atoms with Gasteiger partial charge in [0.05, 0.1) is 29.7 Å². The first-order chi connectivity index (χ1) is 14.6. The van der Waals surface area contributed by atoms with E-state index in [1.54, 1.807) is 17.8 Å². The van der Waals surface area contributed by atoms with Crippen molar-refractivity contribution in [3.8, 4) is 0 Å². The number of fused-ring (bicyclic) bond motifs is 2. The van der Waals surface area contributed by atoms with Crippen molar-refractivity contribution in [2.45, 2.75) is 52.2 Å². The van der Waals surface area contributed by atoms with Crippen LogP contribution in [0.15, 0.2) is 71.4 Å². The van der Waals surface area contributed by atoms with Crippen LogP contribution in [0.4, 0.5) is 0 Å². The van der Waals surface area contributed by atoms with Gasteiger partial charge in [-0.25, -0.2) is 0 Å². The number of aldehydes is 1. The maximum absolute atomic E-state index is 13.1. The lowest BCUT2D eigenvalue weighted by atomic mass is 9.83. The predicted octanol–water partition coefficient (Wildman–Crippen LogP) is 5.27. The molecule has 30 heavy (non-hydrogen) atoms. The Bertz CT molecular complexity index is 775. The number of carbonyl (C=O) groups is 2. The first-order valence-electron chi connectivity index (χ1n) is 10.7. The molecule has 0 radical (unpaired) electrons. The summed E-state index contributed by atoms with van der Waals surface area (Å²) in [5, 5.41) is 3.10. The van der Waals surface area contributed by atoms with Gasteiger partial charge in [0.1, 0.15) is 6.29 Å². The summed E-state index contributed by atoms with van der Waals surface area (Å²) in [5.41, 5.74) is 2.14. The first-order valence-corrected chi connectivity index (χ1v) is 11.7. The average molecular weight is 428 g/mol. The van der Waals surface area contributed by atoms with Gasteiger partial charge in [-0.1, -0.05) is 81.5 Å². The number of hydrogen-bond donors (Lipinski definition) is 1. The third kappa shape index (κ3) is 6.19. The van der Waals surface area contributed by atoms with Crippen LogP contribution in [-0.2, 0) is 14.3 Å². The number of nitrogens with one attached hydrogen (secondary N) is 1. The fourth-order valence-corrected chi connectivity index (χ4v) is 4.81. The largest absolute Gasteiger partial charge is 0.365 e. The maximum atomic E-state index is 13.1. The first kappa shape index (κ1) is 24.2. The summed E-state index contributed by atoms with van der Waals surface area (Å²) in [6, 6.07) is 0. The Morgan fingerprint density at radius 1 is 1.13 bits per heavy atom. The number of hydrogen-bond acceptors (Lipinski definition) is 4. The highest BCUT2D eigenvalue weighted by Crippen LogP contribution is 2.38. The van der Waals surface area contributed by atoms with E-state index in [1.807, 2.05) is 30.4 Å². The highest BCUT2D eigenvalue weighted by molar-refractivity contribution is 8.03. The van der Waals surface area contributed by atoms with Crippen LogP contribution in [0.1, 0.15) is 40.0 Å². The van der Waals surface area contributed by atoms with Crippen LogP contribution in [0.3, 0.4) is 0 Å². The molecular formula is C25H33NO3S. The van der Waals surface area contributed by atoms with Crippen molar-refractivity contribution in [3.63, 3.8) is 0 Å². The summed E-state index contributed by atoms with van der Waals surface area (Å²) in [7, 11) is 0. The Morgan fingerprint density at radius 2 is 1.87 bits per heavy atom. The van der Waals surface area contributed by atoms with Gasteiger partial charge in [0.25, 0.3) is 0 Å². The van der Waals surface area contributed by atoms with Crippen LogP contribution >= 0.6 is 11.8 Å². The molecule has 4 atom stereocenters. The lowest BCUT2D eigenvalue weighted by molar-refractivity contribution is -0.128. The number of rotatable bonds is 12. The molecule has 5 heteroatoms. The Kier molecular flexibility index (Phi) is 10.1. The van der Waals surface area contributed by atoms with Crippen molar-refractivity contribution in [2.24, 2.45) is 11.8 Å². The second kappa shape index (κ2) is 12.6. The minimum absolute atomic E-state index is 0.147. The summed E-state index contributed by atoms with van der Waals surface area (Å²) < 4.78 is 5.74. The number of carbonyl (C=O) groups excluding carboxylic acids is 2. The second-order valence-corrected chi connectivity index (χ2v) is 8.29. The summed E-state index contributed by atoms with van der Waals surface area (Å²) >= 11 is 1.73. The van der Waals surface area contributed by atoms with Crippen molar-refractivity contribution in [1.29, 1.82) is 0 Å². The molecule has 2 aliphatic heterocycles. The van der Waals surface area contributed by atoms with Crippen molar-refractivity contribution < 1.29 is 14.3 Å². The van der Waals surface area contributed by atoms with Gasteiger partial charge in [0, 0.05) is 10.7 Å². The molecule has 2 heterocycles. The van der Waals surface area contributed by atoms with Crippen molar-refractivity contribution >= 4 is 24.0 Å². The van der Waals surface area contributed by atoms with E-state index in [4.69, 9.17) is 4.74 Å². The van der Waals surface area contributed by atoms with E-state index < -0.39 is 11.8 Å². The highest BCUT2D eigenvalue weighted by atomic mass is 32.2. The van der Waals surface area contributed by atoms with E-state index in [0.29, 0.717) is 0 Å². The summed E-state index contributed by atoms with van der Waals surface area (Å²) in [6.45, 7) is 9.98. The van der Waals surface area contributed by atoms with Gasteiger partial charge >= 0.3 is 0 Å². The van der Waals surface area contributed by atoms with Crippen LogP contribution in [0.5, 0.6) is 0 Å². The Hall–Kier alpha value is -2.11. The average Bonchev–Trinajstić information content (AvgIpc) is 3.36. The van der Waals surface area contributed by atoms with Gasteiger partial charge in [-0.2, -0.15) is 0 Å². The zero-order valence-corrected chi connectivity index (χ0v) is 19.0. The Morgan fingerprint density at radius 3 is 2.50 bits per heavy atom. The standard InChI is InChI=1S/C25H33NO3S/c1-5-9-10-13-18(8-4)17-30-23(12-7-3)20(11-6-2)26-25(28)24-19(16-27)21-14-15-22(24)29-21/h5,9-16,19,21-22,24H,1,6-8,17H2,2-4H3,(H,26,28)/b10-9-,18-13+,20-11+,23-12+. The fourth-order valence-electron chi connectivity index (χ4n) is 3.60. The lowest BCUT2D eigenvalue weighted by Gasteiger charge is -2.22. The van der Waals surface area contributed by atoms with E-state index in [-0.39, 0.29) is 18.1 Å². The number of ether oxygens (including phenoxy) is 1. The van der Waals surface area contributed by atoms with E-state index in [1.165, 1.54) is 5.57 Å². The molecular weight excluding hydrogens is 394 g/mol. The number of amides is 1. The van der Waals surface area contributed by atoms with E-state index >= 15 is 0 Å². The van der Waals surface area contributed by atoms with Crippen LogP contribution in [0.2, 0.25) is 0 Å². The highest BCUT2D eigenvalue weighted by Gasteiger charge is 2.49. The molecule has 0 aromatic carbocycles. The molecule has 1 fully saturated rings. The Balaban J connectivity index is 2.13. The van der Waals surface area contributed by atoms with E-state index in [0.717, 1.165) is 41.9 Å². The summed E-state index contributed by atoms with van der Waals surface area (Å²) in [4.78, 5) is 25.7. The second-order valence-electron chi connectivity index (χ2n) is 7.27. The zero-order chi connectivity index (χ0) is 21.9. The smallest absolute Gasteiger partial charge is 0.231 e. The molecule has 4 nitrogen and oxygen atoms in total. The molecule has 4 unspecified atom stereocenters. The SMILES string of the molecule is C=C/C=C\C=C(/CC)CSC(=C/CC)/C(=C\CC)NC(=O)C1C2C=CC(O2)C1C=O. The number of thioether (sulfide) groups is 1. The van der Waals surface area contributed by atoms with Crippen molar-refractivity contribution in [2.75, 3.05) is 5.75 Å². The quantitative estimate of drug-likeness (QED) is 0.262. The summed E-state index contributed by atoms with van der Waals surface area (Å²) in [6.07, 6.45) is 18.7. The van der Waals surface area contributed by atoms with Gasteiger partial charge < -0.3 is 14.8 Å². The third-order valence-electron chi connectivity index (χ3n) is 5.18. The zero-order valence-electron chi connectivity index (χ0n) is 18.2. The van der Waals surface area contributed by atoms with Crippen LogP contribution in [0, 0.1) is 11.8 Å². The topological polar surface area (TPSA) is 55.4 Å². The van der Waals surface area contributed by atoms with Crippen LogP contribution in [-0.4, -0.2) is 30.2 Å². The van der Waals surface area contributed by atoms with Crippen LogP contribution < -0.4 is 5.32 Å². The molecule has 1 N–H and O–H groups in total. The maximum Gasteiger partial charge on any atom is 0.231 e. The molecule has 1 saturated heterocycles. The molecule has 0 spiro atoms. The van der Waals surface area contributed by atoms with Gasteiger partial charge in [-0.3, -0.25) is 4.79 Å². The molecule has 1 amide bonds. The molecule has 162 valence electrons. The molecule has 2 aliphatic rings. The van der Waals surface area contributed by atoms with Gasteiger partial charge in [0.2, 0.25) is 5.91 Å². The Labute approximate surface area is 184 Å². The molecule has 0 aromatic rings. The predicted molar refractivity (Wildman–Crippen MR) is 126 cm³/mol. The molecule has 0 aromatic heterocycles. The minimum Gasteiger partial charge on any atom is -0.365 e. The van der Waals surface area contributed by atoms with Crippen molar-refractivity contribution in [3.05, 3.63) is 71.4 Å². The lowest BCUT2D eigenvalue weighted by Crippen LogP contribution is -2.40. The molecule has 2 rings (SSSR count). The number of allylic oxidation sites excluding steroid dienone is 6. The van der Waals surface area contributed by atoms with Gasteiger partial charge in [-0.05, 0) is 19.3 Å². The minimum atomic E-state index is -0.472. The van der Waals surface area contributed by atoms with Gasteiger partial charge in [-0.15, -0.1) is 11.8 Å². The van der Waals surface area contributed by atoms with Gasteiger partial charge in [0.15, 0.2) is 0 Å². The molecule has 2 bridgehead atoms. The fraction of sp³-hybridized carbons (Fsp3) is 0.440. The molecule has 0 saturated carbocycles. The summed E-state index contributed by atoms with van der Waals surface area (Å²) in [5.74, 6) is -0.190. The third-order valence-corrected chi connectivity index (χ3v) is 6.39. The van der Waals surface area contributed by atoms with Crippen molar-refractivity contribution in [1.82, 2.24) is 5.32 Å². The normalized spacial score (nSPS) is 26.4. The van der Waals surface area contributed by atoms with E-state index in [2.05, 4.69) is 44.8 Å². The monoisotopic (exact) mass is 427 g/mol. The van der Waals surface area contributed by atoms with E-state index in [9.17, 15) is 9.59 Å². The van der Waals surface area contributed by atoms with Crippen LogP contribution in [0.25, 0.3) is 0 Å².